The van der Waals surface area contributed by atoms with Crippen LogP contribution in [0.3, 0.4) is 0 Å². The predicted molar refractivity (Wildman–Crippen MR) is 87.1 cm³/mol. The Balaban J connectivity index is 2.38. The number of carbonyl (C=O) groups excluding carboxylic acids is 1. The Bertz CT molecular complexity index is 297. The fourth-order valence-corrected chi connectivity index (χ4v) is 3.41. The van der Waals surface area contributed by atoms with E-state index in [1.54, 1.807) is 0 Å². The van der Waals surface area contributed by atoms with Crippen molar-refractivity contribution in [2.45, 2.75) is 59.3 Å². The fourth-order valence-electron chi connectivity index (χ4n) is 3.41. The van der Waals surface area contributed by atoms with Crippen LogP contribution in [0, 0.1) is 17.3 Å². The van der Waals surface area contributed by atoms with Crippen LogP contribution in [0.25, 0.3) is 0 Å². The molecule has 1 rings (SSSR count). The SMILES string of the molecule is CCC(CC)(CCO)CNC(=O)CC(C)C1CCNCC1. The second-order valence-corrected chi connectivity index (χ2v) is 6.73. The summed E-state index contributed by atoms with van der Waals surface area (Å²) in [7, 11) is 0. The van der Waals surface area contributed by atoms with Crippen LogP contribution in [0.2, 0.25) is 0 Å². The second kappa shape index (κ2) is 9.42. The first-order valence-corrected chi connectivity index (χ1v) is 8.65. The highest BCUT2D eigenvalue weighted by Crippen LogP contribution is 2.29. The minimum atomic E-state index is 0.0579. The van der Waals surface area contributed by atoms with Crippen molar-refractivity contribution in [1.82, 2.24) is 10.6 Å². The Labute approximate surface area is 130 Å². The van der Waals surface area contributed by atoms with E-state index in [0.29, 0.717) is 24.8 Å². The highest BCUT2D eigenvalue weighted by molar-refractivity contribution is 5.76. The molecule has 3 N–H and O–H groups in total. The van der Waals surface area contributed by atoms with E-state index in [4.69, 9.17) is 0 Å². The topological polar surface area (TPSA) is 61.4 Å². The molecule has 0 aromatic rings. The molecule has 0 aromatic carbocycles. The molecule has 21 heavy (non-hydrogen) atoms. The summed E-state index contributed by atoms with van der Waals surface area (Å²) in [5.74, 6) is 1.31. The Morgan fingerprint density at radius 3 is 2.48 bits per heavy atom. The van der Waals surface area contributed by atoms with E-state index in [9.17, 15) is 9.90 Å². The van der Waals surface area contributed by atoms with Gasteiger partial charge in [0.05, 0.1) is 0 Å². The third-order valence-electron chi connectivity index (χ3n) is 5.50. The van der Waals surface area contributed by atoms with Gasteiger partial charge in [-0.25, -0.2) is 0 Å². The zero-order valence-electron chi connectivity index (χ0n) is 14.1. The van der Waals surface area contributed by atoms with Gasteiger partial charge < -0.3 is 15.7 Å². The highest BCUT2D eigenvalue weighted by Gasteiger charge is 2.27. The maximum Gasteiger partial charge on any atom is 0.220 e. The summed E-state index contributed by atoms with van der Waals surface area (Å²) in [5.41, 5.74) is 0.0579. The fraction of sp³-hybridized carbons (Fsp3) is 0.941. The molecule has 0 saturated carbocycles. The van der Waals surface area contributed by atoms with E-state index in [-0.39, 0.29) is 17.9 Å². The third kappa shape index (κ3) is 5.95. The van der Waals surface area contributed by atoms with Gasteiger partial charge >= 0.3 is 0 Å². The van der Waals surface area contributed by atoms with Crippen LogP contribution >= 0.6 is 0 Å². The molecule has 1 aliphatic rings. The van der Waals surface area contributed by atoms with Crippen molar-refractivity contribution >= 4 is 5.91 Å². The lowest BCUT2D eigenvalue weighted by molar-refractivity contribution is -0.123. The first-order valence-electron chi connectivity index (χ1n) is 8.65. The average molecular weight is 298 g/mol. The van der Waals surface area contributed by atoms with Gasteiger partial charge in [-0.2, -0.15) is 0 Å². The molecular formula is C17H34N2O2. The van der Waals surface area contributed by atoms with E-state index >= 15 is 0 Å². The van der Waals surface area contributed by atoms with Crippen LogP contribution in [0.15, 0.2) is 0 Å². The van der Waals surface area contributed by atoms with Gasteiger partial charge in [0.25, 0.3) is 0 Å². The van der Waals surface area contributed by atoms with Crippen LogP contribution in [0.4, 0.5) is 0 Å². The number of hydrogen-bond donors (Lipinski definition) is 3. The first kappa shape index (κ1) is 18.4. The van der Waals surface area contributed by atoms with Crippen molar-refractivity contribution in [2.75, 3.05) is 26.2 Å². The summed E-state index contributed by atoms with van der Waals surface area (Å²) < 4.78 is 0. The third-order valence-corrected chi connectivity index (χ3v) is 5.50. The van der Waals surface area contributed by atoms with Crippen molar-refractivity contribution in [2.24, 2.45) is 17.3 Å². The molecule has 0 bridgehead atoms. The largest absolute Gasteiger partial charge is 0.396 e. The quantitative estimate of drug-likeness (QED) is 0.612. The first-order chi connectivity index (χ1) is 10.1. The van der Waals surface area contributed by atoms with Crippen LogP contribution < -0.4 is 10.6 Å². The van der Waals surface area contributed by atoms with Crippen molar-refractivity contribution in [1.29, 1.82) is 0 Å². The van der Waals surface area contributed by atoms with Crippen molar-refractivity contribution in [3.05, 3.63) is 0 Å². The molecule has 1 unspecified atom stereocenters. The van der Waals surface area contributed by atoms with Gasteiger partial charge in [0, 0.05) is 19.6 Å². The van der Waals surface area contributed by atoms with Gasteiger partial charge in [0.15, 0.2) is 0 Å². The molecular weight excluding hydrogens is 264 g/mol. The minimum Gasteiger partial charge on any atom is -0.396 e. The van der Waals surface area contributed by atoms with E-state index in [1.807, 2.05) is 0 Å². The van der Waals surface area contributed by atoms with Gasteiger partial charge in [-0.05, 0) is 62.4 Å². The van der Waals surface area contributed by atoms with Crippen molar-refractivity contribution in [3.63, 3.8) is 0 Å². The van der Waals surface area contributed by atoms with Gasteiger partial charge in [-0.3, -0.25) is 4.79 Å². The molecule has 1 atom stereocenters. The summed E-state index contributed by atoms with van der Waals surface area (Å²) in [6.07, 6.45) is 5.76. The lowest BCUT2D eigenvalue weighted by Gasteiger charge is -2.32. The van der Waals surface area contributed by atoms with Gasteiger partial charge in [0.2, 0.25) is 5.91 Å². The number of amides is 1. The summed E-state index contributed by atoms with van der Waals surface area (Å²) in [5, 5.41) is 15.7. The van der Waals surface area contributed by atoms with Gasteiger partial charge in [-0.15, -0.1) is 0 Å². The number of carbonyl (C=O) groups is 1. The molecule has 1 amide bonds. The lowest BCUT2D eigenvalue weighted by atomic mass is 9.79. The number of piperidine rings is 1. The van der Waals surface area contributed by atoms with Crippen LogP contribution in [0.1, 0.15) is 59.3 Å². The molecule has 0 aliphatic carbocycles. The normalized spacial score (nSPS) is 18.5. The number of nitrogens with one attached hydrogen (secondary N) is 2. The molecule has 4 heteroatoms. The van der Waals surface area contributed by atoms with E-state index in [1.165, 1.54) is 12.8 Å². The summed E-state index contributed by atoms with van der Waals surface area (Å²) in [6.45, 7) is 9.55. The minimum absolute atomic E-state index is 0.0579. The molecule has 1 heterocycles. The Morgan fingerprint density at radius 1 is 1.33 bits per heavy atom. The smallest absolute Gasteiger partial charge is 0.220 e. The lowest BCUT2D eigenvalue weighted by Crippen LogP contribution is -2.39. The Hall–Kier alpha value is -0.610. The number of hydrogen-bond acceptors (Lipinski definition) is 3. The molecule has 124 valence electrons. The predicted octanol–water partition coefficient (Wildman–Crippen LogP) is 2.32. The maximum absolute atomic E-state index is 12.2. The molecule has 0 spiro atoms. The molecule has 1 saturated heterocycles. The zero-order chi connectivity index (χ0) is 15.7. The van der Waals surface area contributed by atoms with Crippen molar-refractivity contribution in [3.8, 4) is 0 Å². The summed E-state index contributed by atoms with van der Waals surface area (Å²) in [6, 6.07) is 0. The average Bonchev–Trinajstić information content (AvgIpc) is 2.52. The number of rotatable bonds is 9. The number of aliphatic hydroxyl groups excluding tert-OH is 1. The second-order valence-electron chi connectivity index (χ2n) is 6.73. The van der Waals surface area contributed by atoms with E-state index in [0.717, 1.165) is 32.4 Å². The summed E-state index contributed by atoms with van der Waals surface area (Å²) in [4.78, 5) is 12.2. The highest BCUT2D eigenvalue weighted by atomic mass is 16.3. The number of aliphatic hydroxyl groups is 1. The molecule has 1 aliphatic heterocycles. The van der Waals surface area contributed by atoms with Crippen LogP contribution in [-0.4, -0.2) is 37.3 Å². The zero-order valence-corrected chi connectivity index (χ0v) is 14.1. The van der Waals surface area contributed by atoms with E-state index in [2.05, 4.69) is 31.4 Å². The van der Waals surface area contributed by atoms with E-state index < -0.39 is 0 Å². The molecule has 0 aromatic heterocycles. The Kier molecular flexibility index (Phi) is 8.27. The van der Waals surface area contributed by atoms with Gasteiger partial charge in [0.1, 0.15) is 0 Å². The molecule has 0 radical (unpaired) electrons. The monoisotopic (exact) mass is 298 g/mol. The Morgan fingerprint density at radius 2 is 1.95 bits per heavy atom. The standard InChI is InChI=1S/C17H34N2O2/c1-4-17(5-2,8-11-20)13-19-16(21)12-14(3)15-6-9-18-10-7-15/h14-15,18,20H,4-13H2,1-3H3,(H,19,21). The van der Waals surface area contributed by atoms with Crippen molar-refractivity contribution < 1.29 is 9.90 Å². The van der Waals surface area contributed by atoms with Crippen LogP contribution in [-0.2, 0) is 4.79 Å². The van der Waals surface area contributed by atoms with Gasteiger partial charge in [-0.1, -0.05) is 20.8 Å². The summed E-state index contributed by atoms with van der Waals surface area (Å²) >= 11 is 0. The maximum atomic E-state index is 12.2. The van der Waals surface area contributed by atoms with Crippen LogP contribution in [0.5, 0.6) is 0 Å². The molecule has 4 nitrogen and oxygen atoms in total. The molecule has 1 fully saturated rings.